The molecule has 0 spiro atoms. The summed E-state index contributed by atoms with van der Waals surface area (Å²) in [6.45, 7) is 0.815. The molecule has 18 heavy (non-hydrogen) atoms. The summed E-state index contributed by atoms with van der Waals surface area (Å²) in [7, 11) is 0. The molecule has 2 nitrogen and oxygen atoms in total. The van der Waals surface area contributed by atoms with Gasteiger partial charge in [0.1, 0.15) is 17.2 Å². The summed E-state index contributed by atoms with van der Waals surface area (Å²) in [5.74, 6) is 1.80. The van der Waals surface area contributed by atoms with Gasteiger partial charge in [0.15, 0.2) is 0 Å². The SMILES string of the molecule is Fc1cccc2nc(CCl)n(CCCC3CC3)c12. The Morgan fingerprint density at radius 2 is 2.22 bits per heavy atom. The minimum absolute atomic E-state index is 0.206. The lowest BCUT2D eigenvalue weighted by molar-refractivity contribution is 0.564. The third-order valence-electron chi connectivity index (χ3n) is 3.61. The number of aromatic nitrogens is 2. The van der Waals surface area contributed by atoms with Crippen molar-refractivity contribution >= 4 is 22.6 Å². The molecule has 1 aromatic heterocycles. The lowest BCUT2D eigenvalue weighted by Crippen LogP contribution is -2.04. The van der Waals surface area contributed by atoms with Gasteiger partial charge in [-0.2, -0.15) is 0 Å². The van der Waals surface area contributed by atoms with E-state index in [1.54, 1.807) is 6.07 Å². The molecule has 1 fully saturated rings. The lowest BCUT2D eigenvalue weighted by atomic mass is 10.2. The quantitative estimate of drug-likeness (QED) is 0.745. The molecule has 0 unspecified atom stereocenters. The molecule has 2 aromatic rings. The molecule has 0 saturated heterocycles. The van der Waals surface area contributed by atoms with Gasteiger partial charge in [-0.3, -0.25) is 0 Å². The van der Waals surface area contributed by atoms with E-state index in [2.05, 4.69) is 4.98 Å². The molecule has 0 N–H and O–H groups in total. The van der Waals surface area contributed by atoms with E-state index in [1.807, 2.05) is 10.6 Å². The summed E-state index contributed by atoms with van der Waals surface area (Å²) in [5, 5.41) is 0. The van der Waals surface area contributed by atoms with Gasteiger partial charge in [-0.25, -0.2) is 9.37 Å². The van der Waals surface area contributed by atoms with Gasteiger partial charge >= 0.3 is 0 Å². The monoisotopic (exact) mass is 266 g/mol. The van der Waals surface area contributed by atoms with Crippen LogP contribution in [-0.2, 0) is 12.4 Å². The minimum Gasteiger partial charge on any atom is -0.325 e. The number of alkyl halides is 1. The predicted octanol–water partition coefficient (Wildman–Crippen LogP) is 4.10. The summed E-state index contributed by atoms with van der Waals surface area (Å²) in [6.07, 6.45) is 5.03. The standard InChI is InChI=1S/C14H16ClFN2/c15-9-13-17-12-5-1-4-11(16)14(12)18(13)8-2-3-10-6-7-10/h1,4-5,10H,2-3,6-9H2. The van der Waals surface area contributed by atoms with E-state index in [0.29, 0.717) is 16.9 Å². The van der Waals surface area contributed by atoms with E-state index in [4.69, 9.17) is 11.6 Å². The molecule has 96 valence electrons. The average Bonchev–Trinajstić information content (AvgIpc) is 3.11. The molecular formula is C14H16ClFN2. The van der Waals surface area contributed by atoms with Gasteiger partial charge in [0.25, 0.3) is 0 Å². The number of benzene rings is 1. The van der Waals surface area contributed by atoms with Crippen LogP contribution in [0.25, 0.3) is 11.0 Å². The molecule has 0 radical (unpaired) electrons. The second kappa shape index (κ2) is 4.88. The van der Waals surface area contributed by atoms with Gasteiger partial charge < -0.3 is 4.57 Å². The predicted molar refractivity (Wildman–Crippen MR) is 71.2 cm³/mol. The van der Waals surface area contributed by atoms with Gasteiger partial charge in [-0.1, -0.05) is 18.9 Å². The highest BCUT2D eigenvalue weighted by Gasteiger charge is 2.21. The highest BCUT2D eigenvalue weighted by molar-refractivity contribution is 6.16. The Labute approximate surface area is 111 Å². The number of rotatable bonds is 5. The molecule has 4 heteroatoms. The number of fused-ring (bicyclic) bond motifs is 1. The maximum Gasteiger partial charge on any atom is 0.149 e. The van der Waals surface area contributed by atoms with Crippen LogP contribution in [0.2, 0.25) is 0 Å². The molecule has 0 amide bonds. The van der Waals surface area contributed by atoms with Crippen molar-refractivity contribution < 1.29 is 4.39 Å². The zero-order valence-electron chi connectivity index (χ0n) is 10.2. The van der Waals surface area contributed by atoms with Crippen molar-refractivity contribution in [1.29, 1.82) is 0 Å². The summed E-state index contributed by atoms with van der Waals surface area (Å²) in [6, 6.07) is 5.02. The van der Waals surface area contributed by atoms with Gasteiger partial charge in [-0.15, -0.1) is 11.6 Å². The van der Waals surface area contributed by atoms with Crippen molar-refractivity contribution in [2.75, 3.05) is 0 Å². The maximum atomic E-state index is 13.9. The third kappa shape index (κ3) is 2.24. The molecule has 0 atom stereocenters. The molecule has 1 heterocycles. The van der Waals surface area contributed by atoms with E-state index in [0.717, 1.165) is 24.7 Å². The van der Waals surface area contributed by atoms with E-state index in [-0.39, 0.29) is 5.82 Å². The Morgan fingerprint density at radius 1 is 1.39 bits per heavy atom. The van der Waals surface area contributed by atoms with Crippen molar-refractivity contribution in [3.05, 3.63) is 29.8 Å². The van der Waals surface area contributed by atoms with Crippen molar-refractivity contribution in [2.45, 2.75) is 38.1 Å². The first kappa shape index (κ1) is 12.0. The van der Waals surface area contributed by atoms with Crippen LogP contribution in [0.3, 0.4) is 0 Å². The number of imidazole rings is 1. The Kier molecular flexibility index (Phi) is 3.25. The Balaban J connectivity index is 1.90. The van der Waals surface area contributed by atoms with Crippen molar-refractivity contribution in [1.82, 2.24) is 9.55 Å². The zero-order valence-corrected chi connectivity index (χ0v) is 11.0. The van der Waals surface area contributed by atoms with Crippen LogP contribution in [0.4, 0.5) is 4.39 Å². The number of halogens is 2. The maximum absolute atomic E-state index is 13.9. The third-order valence-corrected chi connectivity index (χ3v) is 3.85. The summed E-state index contributed by atoms with van der Waals surface area (Å²) < 4.78 is 15.8. The van der Waals surface area contributed by atoms with Gasteiger partial charge in [0.05, 0.1) is 11.4 Å². The van der Waals surface area contributed by atoms with Crippen molar-refractivity contribution in [2.24, 2.45) is 5.92 Å². The fraction of sp³-hybridized carbons (Fsp3) is 0.500. The first-order valence-corrected chi connectivity index (χ1v) is 7.02. The zero-order chi connectivity index (χ0) is 12.5. The Bertz CT molecular complexity index is 560. The number of para-hydroxylation sites is 1. The molecule has 1 aromatic carbocycles. The normalized spacial score (nSPS) is 15.4. The Hall–Kier alpha value is -1.09. The first-order valence-electron chi connectivity index (χ1n) is 6.49. The molecule has 1 aliphatic rings. The van der Waals surface area contributed by atoms with Gasteiger partial charge in [0, 0.05) is 6.54 Å². The van der Waals surface area contributed by atoms with Crippen LogP contribution in [0.15, 0.2) is 18.2 Å². The largest absolute Gasteiger partial charge is 0.325 e. The smallest absolute Gasteiger partial charge is 0.149 e. The summed E-state index contributed by atoms with van der Waals surface area (Å²) in [5.41, 5.74) is 1.31. The molecule has 1 saturated carbocycles. The van der Waals surface area contributed by atoms with E-state index < -0.39 is 0 Å². The van der Waals surface area contributed by atoms with Gasteiger partial charge in [-0.05, 0) is 30.9 Å². The van der Waals surface area contributed by atoms with Gasteiger partial charge in [0.2, 0.25) is 0 Å². The molecule has 0 bridgehead atoms. The van der Waals surface area contributed by atoms with E-state index >= 15 is 0 Å². The van der Waals surface area contributed by atoms with Crippen LogP contribution >= 0.6 is 11.6 Å². The lowest BCUT2D eigenvalue weighted by Gasteiger charge is -2.07. The molecule has 0 aliphatic heterocycles. The second-order valence-corrected chi connectivity index (χ2v) is 5.27. The van der Waals surface area contributed by atoms with Crippen LogP contribution in [-0.4, -0.2) is 9.55 Å². The average molecular weight is 267 g/mol. The minimum atomic E-state index is -0.206. The van der Waals surface area contributed by atoms with Crippen LogP contribution < -0.4 is 0 Å². The van der Waals surface area contributed by atoms with E-state index in [1.165, 1.54) is 25.3 Å². The molecule has 1 aliphatic carbocycles. The number of hydrogen-bond acceptors (Lipinski definition) is 1. The number of nitrogens with zero attached hydrogens (tertiary/aromatic N) is 2. The fourth-order valence-electron chi connectivity index (χ4n) is 2.48. The number of aryl methyl sites for hydroxylation is 1. The highest BCUT2D eigenvalue weighted by atomic mass is 35.5. The van der Waals surface area contributed by atoms with Crippen LogP contribution in [0.1, 0.15) is 31.5 Å². The fourth-order valence-corrected chi connectivity index (χ4v) is 2.68. The summed E-state index contributed by atoms with van der Waals surface area (Å²) in [4.78, 5) is 4.40. The topological polar surface area (TPSA) is 17.8 Å². The first-order chi connectivity index (χ1) is 8.79. The van der Waals surface area contributed by atoms with Crippen LogP contribution in [0, 0.1) is 11.7 Å². The second-order valence-electron chi connectivity index (χ2n) is 5.01. The highest BCUT2D eigenvalue weighted by Crippen LogP contribution is 2.34. The van der Waals surface area contributed by atoms with E-state index in [9.17, 15) is 4.39 Å². The van der Waals surface area contributed by atoms with Crippen molar-refractivity contribution in [3.8, 4) is 0 Å². The molecule has 3 rings (SSSR count). The van der Waals surface area contributed by atoms with Crippen LogP contribution in [0.5, 0.6) is 0 Å². The summed E-state index contributed by atoms with van der Waals surface area (Å²) >= 11 is 5.90. The Morgan fingerprint density at radius 3 is 2.94 bits per heavy atom. The number of hydrogen-bond donors (Lipinski definition) is 0. The van der Waals surface area contributed by atoms with Crippen molar-refractivity contribution in [3.63, 3.8) is 0 Å². The molecular weight excluding hydrogens is 251 g/mol.